The highest BCUT2D eigenvalue weighted by atomic mass is 16.3. The van der Waals surface area contributed by atoms with Crippen molar-refractivity contribution in [2.45, 2.75) is 19.3 Å². The van der Waals surface area contributed by atoms with Crippen LogP contribution in [0.25, 0.3) is 54.6 Å². The third-order valence-electron chi connectivity index (χ3n) is 11.7. The van der Waals surface area contributed by atoms with Gasteiger partial charge in [0.25, 0.3) is 0 Å². The van der Waals surface area contributed by atoms with Crippen LogP contribution in [0, 0.1) is 0 Å². The topological polar surface area (TPSA) is 19.6 Å². The number of benzene rings is 9. The predicted molar refractivity (Wildman–Crippen MR) is 236 cm³/mol. The van der Waals surface area contributed by atoms with Crippen molar-refractivity contribution in [1.82, 2.24) is 0 Å². The van der Waals surface area contributed by atoms with Gasteiger partial charge in [0.15, 0.2) is 0 Å². The lowest BCUT2D eigenvalue weighted by Gasteiger charge is -2.27. The predicted octanol–water partition coefficient (Wildman–Crippen LogP) is 15.1. The van der Waals surface area contributed by atoms with Crippen molar-refractivity contribution >= 4 is 77.6 Å². The molecular formula is C53H38N2O. The highest BCUT2D eigenvalue weighted by Gasteiger charge is 2.38. The Labute approximate surface area is 326 Å². The summed E-state index contributed by atoms with van der Waals surface area (Å²) in [5.41, 5.74) is 13.7. The zero-order chi connectivity index (χ0) is 37.4. The second-order valence-corrected chi connectivity index (χ2v) is 15.4. The summed E-state index contributed by atoms with van der Waals surface area (Å²) in [5.74, 6) is 0. The Morgan fingerprint density at radius 1 is 0.375 bits per heavy atom. The maximum absolute atomic E-state index is 6.84. The summed E-state index contributed by atoms with van der Waals surface area (Å²) in [4.78, 5) is 4.64. The first kappa shape index (κ1) is 32.3. The SMILES string of the molecule is CC1(C)c2cc3c(cc2-c2ccc4cc(N(c5ccccc5)c5ccccc5)ccc4c21)oc1c2ccc(N(c4ccccc4)c4ccccc4)cc2ccc31. The van der Waals surface area contributed by atoms with Crippen LogP contribution in [0.3, 0.4) is 0 Å². The first-order chi connectivity index (χ1) is 27.5. The van der Waals surface area contributed by atoms with Gasteiger partial charge in [-0.25, -0.2) is 0 Å². The van der Waals surface area contributed by atoms with Crippen LogP contribution in [-0.4, -0.2) is 0 Å². The average molecular weight is 719 g/mol. The number of fused-ring (bicyclic) bond motifs is 10. The number of anilines is 6. The largest absolute Gasteiger partial charge is 0.455 e. The van der Waals surface area contributed by atoms with Crippen molar-refractivity contribution in [3.8, 4) is 11.1 Å². The van der Waals surface area contributed by atoms with E-state index in [0.29, 0.717) is 0 Å². The molecule has 0 fully saturated rings. The Balaban J connectivity index is 1.02. The normalized spacial score (nSPS) is 13.0. The molecule has 3 nitrogen and oxygen atoms in total. The van der Waals surface area contributed by atoms with E-state index in [1.807, 2.05) is 0 Å². The molecule has 11 rings (SSSR count). The van der Waals surface area contributed by atoms with Gasteiger partial charge in [0.2, 0.25) is 0 Å². The Morgan fingerprint density at radius 2 is 0.839 bits per heavy atom. The first-order valence-electron chi connectivity index (χ1n) is 19.3. The van der Waals surface area contributed by atoms with Crippen molar-refractivity contribution in [3.63, 3.8) is 0 Å². The zero-order valence-electron chi connectivity index (χ0n) is 31.3. The van der Waals surface area contributed by atoms with Gasteiger partial charge in [-0.05, 0) is 135 Å². The molecular weight excluding hydrogens is 681 g/mol. The van der Waals surface area contributed by atoms with Gasteiger partial charge in [0, 0.05) is 55.7 Å². The lowest BCUT2D eigenvalue weighted by molar-refractivity contribution is 0.663. The summed E-state index contributed by atoms with van der Waals surface area (Å²) in [6.07, 6.45) is 0. The van der Waals surface area contributed by atoms with Gasteiger partial charge in [0.1, 0.15) is 11.2 Å². The van der Waals surface area contributed by atoms with E-state index in [2.05, 4.69) is 218 Å². The summed E-state index contributed by atoms with van der Waals surface area (Å²) in [6.45, 7) is 4.75. The van der Waals surface area contributed by atoms with Gasteiger partial charge >= 0.3 is 0 Å². The molecule has 0 amide bonds. The molecule has 0 saturated heterocycles. The number of nitrogens with zero attached hydrogens (tertiary/aromatic N) is 2. The van der Waals surface area contributed by atoms with Gasteiger partial charge in [-0.15, -0.1) is 0 Å². The molecule has 56 heavy (non-hydrogen) atoms. The Morgan fingerprint density at radius 3 is 1.38 bits per heavy atom. The number of hydrogen-bond donors (Lipinski definition) is 0. The Bertz CT molecular complexity index is 3020. The second-order valence-electron chi connectivity index (χ2n) is 15.4. The third-order valence-corrected chi connectivity index (χ3v) is 11.7. The van der Waals surface area contributed by atoms with E-state index in [1.165, 1.54) is 33.0 Å². The highest BCUT2D eigenvalue weighted by molar-refractivity contribution is 6.17. The third kappa shape index (κ3) is 4.98. The van der Waals surface area contributed by atoms with Crippen LogP contribution >= 0.6 is 0 Å². The maximum atomic E-state index is 6.84. The molecule has 10 aromatic rings. The van der Waals surface area contributed by atoms with Gasteiger partial charge in [-0.3, -0.25) is 0 Å². The van der Waals surface area contributed by atoms with E-state index in [0.717, 1.165) is 66.8 Å². The van der Waals surface area contributed by atoms with Crippen LogP contribution in [0.4, 0.5) is 34.1 Å². The molecule has 9 aromatic carbocycles. The van der Waals surface area contributed by atoms with Gasteiger partial charge < -0.3 is 14.2 Å². The molecule has 0 saturated carbocycles. The van der Waals surface area contributed by atoms with Crippen molar-refractivity contribution in [2.24, 2.45) is 0 Å². The molecule has 0 atom stereocenters. The minimum atomic E-state index is -0.202. The van der Waals surface area contributed by atoms with Crippen molar-refractivity contribution < 1.29 is 4.42 Å². The van der Waals surface area contributed by atoms with Gasteiger partial charge in [-0.1, -0.05) is 111 Å². The van der Waals surface area contributed by atoms with E-state index in [1.54, 1.807) is 0 Å². The zero-order valence-corrected chi connectivity index (χ0v) is 31.3. The minimum absolute atomic E-state index is 0.202. The molecule has 1 heterocycles. The van der Waals surface area contributed by atoms with Crippen LogP contribution in [-0.2, 0) is 5.41 Å². The Kier molecular flexibility index (Phi) is 7.20. The summed E-state index contributed by atoms with van der Waals surface area (Å²) in [6, 6.07) is 69.8. The summed E-state index contributed by atoms with van der Waals surface area (Å²) >= 11 is 0. The fourth-order valence-corrected chi connectivity index (χ4v) is 9.17. The average Bonchev–Trinajstić information content (AvgIpc) is 3.73. The maximum Gasteiger partial charge on any atom is 0.143 e. The molecule has 3 heteroatoms. The molecule has 1 aliphatic rings. The summed E-state index contributed by atoms with van der Waals surface area (Å²) < 4.78 is 6.84. The lowest BCUT2D eigenvalue weighted by Crippen LogP contribution is -2.15. The molecule has 0 radical (unpaired) electrons. The second kappa shape index (κ2) is 12.5. The summed E-state index contributed by atoms with van der Waals surface area (Å²) in [7, 11) is 0. The number of rotatable bonds is 6. The van der Waals surface area contributed by atoms with Crippen molar-refractivity contribution in [1.29, 1.82) is 0 Å². The number of para-hydroxylation sites is 4. The molecule has 1 aliphatic carbocycles. The van der Waals surface area contributed by atoms with Gasteiger partial charge in [-0.2, -0.15) is 0 Å². The van der Waals surface area contributed by atoms with Crippen LogP contribution in [0.15, 0.2) is 199 Å². The highest BCUT2D eigenvalue weighted by Crippen LogP contribution is 2.54. The van der Waals surface area contributed by atoms with Crippen LogP contribution < -0.4 is 9.80 Å². The van der Waals surface area contributed by atoms with Crippen LogP contribution in [0.1, 0.15) is 25.0 Å². The minimum Gasteiger partial charge on any atom is -0.455 e. The fourth-order valence-electron chi connectivity index (χ4n) is 9.17. The van der Waals surface area contributed by atoms with E-state index < -0.39 is 0 Å². The number of furan rings is 1. The van der Waals surface area contributed by atoms with E-state index in [-0.39, 0.29) is 5.41 Å². The lowest BCUT2D eigenvalue weighted by atomic mass is 9.80. The monoisotopic (exact) mass is 718 g/mol. The molecule has 0 aliphatic heterocycles. The first-order valence-corrected chi connectivity index (χ1v) is 19.3. The van der Waals surface area contributed by atoms with Crippen molar-refractivity contribution in [2.75, 3.05) is 9.80 Å². The molecule has 0 N–H and O–H groups in total. The van der Waals surface area contributed by atoms with E-state index in [9.17, 15) is 0 Å². The van der Waals surface area contributed by atoms with Gasteiger partial charge in [0.05, 0.1) is 0 Å². The van der Waals surface area contributed by atoms with E-state index in [4.69, 9.17) is 4.42 Å². The molecule has 0 bridgehead atoms. The molecule has 0 spiro atoms. The molecule has 1 aromatic heterocycles. The van der Waals surface area contributed by atoms with Crippen molar-refractivity contribution in [3.05, 3.63) is 205 Å². The molecule has 266 valence electrons. The summed E-state index contributed by atoms with van der Waals surface area (Å²) in [5, 5.41) is 7.09. The number of hydrogen-bond acceptors (Lipinski definition) is 3. The smallest absolute Gasteiger partial charge is 0.143 e. The quantitative estimate of drug-likeness (QED) is 0.171. The standard InChI is InChI=1S/C53H38N2O/c1-53(2)49-33-48-46-28-24-36-32-42(55(39-19-11-5-12-20-39)40-21-13-6-14-22-40)26-30-44(36)52(46)56-50(48)34-47(49)45-27-23-35-31-41(25-29-43(35)51(45)53)54(37-15-7-3-8-16-37)38-17-9-4-10-18-38/h3-34H,1-2H3. The van der Waals surface area contributed by atoms with Crippen LogP contribution in [0.5, 0.6) is 0 Å². The fraction of sp³-hybridized carbons (Fsp3) is 0.0566. The van der Waals surface area contributed by atoms with Crippen LogP contribution in [0.2, 0.25) is 0 Å². The Hall–Kier alpha value is -7.10. The molecule has 0 unspecified atom stereocenters. The van der Waals surface area contributed by atoms with E-state index >= 15 is 0 Å².